The molecule has 0 atom stereocenters. The van der Waals surface area contributed by atoms with Crippen LogP contribution in [0.3, 0.4) is 0 Å². The van der Waals surface area contributed by atoms with Gasteiger partial charge >= 0.3 is 5.97 Å². The Labute approximate surface area is 101 Å². The molecule has 0 aliphatic heterocycles. The molecule has 0 unspecified atom stereocenters. The van der Waals surface area contributed by atoms with Crippen LogP contribution in [-0.2, 0) is 21.8 Å². The van der Waals surface area contributed by atoms with Crippen molar-refractivity contribution in [2.75, 3.05) is 7.05 Å². The van der Waals surface area contributed by atoms with Gasteiger partial charge in [0.25, 0.3) is 0 Å². The van der Waals surface area contributed by atoms with E-state index in [4.69, 9.17) is 4.74 Å². The van der Waals surface area contributed by atoms with E-state index in [0.29, 0.717) is 0 Å². The van der Waals surface area contributed by atoms with E-state index in [2.05, 4.69) is 4.72 Å². The fourth-order valence-electron chi connectivity index (χ4n) is 1.28. The van der Waals surface area contributed by atoms with Gasteiger partial charge in [0.2, 0.25) is 10.0 Å². The second-order valence-corrected chi connectivity index (χ2v) is 5.72. The van der Waals surface area contributed by atoms with Crippen molar-refractivity contribution in [1.82, 2.24) is 9.29 Å². The third kappa shape index (κ3) is 3.07. The first kappa shape index (κ1) is 13.7. The summed E-state index contributed by atoms with van der Waals surface area (Å²) in [5.74, 6) is -0.542. The predicted molar refractivity (Wildman–Crippen MR) is 62.2 cm³/mol. The fraction of sp³-hybridized carbons (Fsp3) is 0.500. The molecule has 0 radical (unpaired) electrons. The number of hydrogen-bond donors (Lipinski definition) is 1. The van der Waals surface area contributed by atoms with Gasteiger partial charge in [-0.2, -0.15) is 0 Å². The molecule has 1 aromatic rings. The van der Waals surface area contributed by atoms with Gasteiger partial charge in [0.05, 0.1) is 6.10 Å². The molecule has 0 amide bonds. The van der Waals surface area contributed by atoms with Crippen molar-refractivity contribution in [3.63, 3.8) is 0 Å². The molecule has 1 heterocycles. The van der Waals surface area contributed by atoms with E-state index >= 15 is 0 Å². The number of esters is 1. The number of aromatic nitrogens is 1. The van der Waals surface area contributed by atoms with Gasteiger partial charge < -0.3 is 9.30 Å². The van der Waals surface area contributed by atoms with Crippen LogP contribution in [0.5, 0.6) is 0 Å². The summed E-state index contributed by atoms with van der Waals surface area (Å²) in [4.78, 5) is 11.7. The molecule has 0 aliphatic carbocycles. The molecule has 17 heavy (non-hydrogen) atoms. The summed E-state index contributed by atoms with van der Waals surface area (Å²) < 4.78 is 31.7. The Morgan fingerprint density at radius 2 is 2.06 bits per heavy atom. The minimum Gasteiger partial charge on any atom is -0.458 e. The van der Waals surface area contributed by atoms with Crippen molar-refractivity contribution in [1.29, 1.82) is 0 Å². The lowest BCUT2D eigenvalue weighted by Gasteiger charge is -2.07. The highest BCUT2D eigenvalue weighted by Crippen LogP contribution is 2.14. The lowest BCUT2D eigenvalue weighted by Crippen LogP contribution is -2.17. The third-order valence-corrected chi connectivity index (χ3v) is 3.49. The summed E-state index contributed by atoms with van der Waals surface area (Å²) in [6.07, 6.45) is 1.12. The zero-order valence-corrected chi connectivity index (χ0v) is 11.0. The van der Waals surface area contributed by atoms with E-state index in [1.54, 1.807) is 20.9 Å². The van der Waals surface area contributed by atoms with Crippen LogP contribution in [0.25, 0.3) is 0 Å². The molecule has 0 spiro atoms. The van der Waals surface area contributed by atoms with E-state index < -0.39 is 16.0 Å². The van der Waals surface area contributed by atoms with Crippen molar-refractivity contribution in [3.8, 4) is 0 Å². The Balaban J connectivity index is 3.09. The summed E-state index contributed by atoms with van der Waals surface area (Å²) in [7, 11) is -0.638. The zero-order chi connectivity index (χ0) is 13.2. The number of carbonyl (C=O) groups excluding carboxylic acids is 1. The van der Waals surface area contributed by atoms with Gasteiger partial charge in [-0.25, -0.2) is 17.9 Å². The maximum Gasteiger partial charge on any atom is 0.355 e. The van der Waals surface area contributed by atoms with Crippen molar-refractivity contribution >= 4 is 16.0 Å². The maximum absolute atomic E-state index is 11.6. The van der Waals surface area contributed by atoms with E-state index in [-0.39, 0.29) is 16.7 Å². The largest absolute Gasteiger partial charge is 0.458 e. The monoisotopic (exact) mass is 260 g/mol. The highest BCUT2D eigenvalue weighted by Gasteiger charge is 2.20. The van der Waals surface area contributed by atoms with Crippen LogP contribution < -0.4 is 4.72 Å². The van der Waals surface area contributed by atoms with Gasteiger partial charge in [0.15, 0.2) is 0 Å². The molecule has 0 aromatic carbocycles. The highest BCUT2D eigenvalue weighted by atomic mass is 32.2. The summed E-state index contributed by atoms with van der Waals surface area (Å²) >= 11 is 0. The summed E-state index contributed by atoms with van der Waals surface area (Å²) in [6, 6.07) is 1.29. The molecule has 1 N–H and O–H groups in total. The van der Waals surface area contributed by atoms with Crippen LogP contribution in [-0.4, -0.2) is 32.1 Å². The van der Waals surface area contributed by atoms with Gasteiger partial charge in [-0.05, 0) is 27.0 Å². The van der Waals surface area contributed by atoms with E-state index in [0.717, 1.165) is 0 Å². The van der Waals surface area contributed by atoms with E-state index in [1.807, 2.05) is 0 Å². The third-order valence-electron chi connectivity index (χ3n) is 2.11. The van der Waals surface area contributed by atoms with Crippen LogP contribution in [0.4, 0.5) is 0 Å². The van der Waals surface area contributed by atoms with Crippen molar-refractivity contribution < 1.29 is 17.9 Å². The standard InChI is InChI=1S/C10H16N2O4S/c1-7(2)16-10(13)9-5-8(6-12(9)4)17(14,15)11-3/h5-7,11H,1-4H3. The lowest BCUT2D eigenvalue weighted by molar-refractivity contribution is 0.0366. The molecule has 0 bridgehead atoms. The smallest absolute Gasteiger partial charge is 0.355 e. The Kier molecular flexibility index (Phi) is 3.94. The summed E-state index contributed by atoms with van der Waals surface area (Å²) in [5, 5.41) is 0. The molecule has 0 saturated carbocycles. The molecular weight excluding hydrogens is 244 g/mol. The zero-order valence-electron chi connectivity index (χ0n) is 10.2. The average Bonchev–Trinajstić information content (AvgIpc) is 2.60. The number of rotatable bonds is 4. The quantitative estimate of drug-likeness (QED) is 0.800. The first-order valence-electron chi connectivity index (χ1n) is 5.09. The van der Waals surface area contributed by atoms with Gasteiger partial charge in [-0.1, -0.05) is 0 Å². The number of nitrogens with one attached hydrogen (secondary N) is 1. The Morgan fingerprint density at radius 3 is 2.53 bits per heavy atom. The number of ether oxygens (including phenoxy) is 1. The molecule has 1 aromatic heterocycles. The molecule has 7 heteroatoms. The lowest BCUT2D eigenvalue weighted by atomic mass is 10.4. The number of nitrogens with zero attached hydrogens (tertiary/aromatic N) is 1. The van der Waals surface area contributed by atoms with Gasteiger partial charge in [0, 0.05) is 13.2 Å². The predicted octanol–water partition coefficient (Wildman–Crippen LogP) is 0.498. The van der Waals surface area contributed by atoms with E-state index in [1.165, 1.54) is 23.9 Å². The number of aryl methyl sites for hydroxylation is 1. The minimum absolute atomic E-state index is 0.0400. The first-order chi connectivity index (χ1) is 7.77. The van der Waals surface area contributed by atoms with Crippen LogP contribution in [0.15, 0.2) is 17.2 Å². The first-order valence-corrected chi connectivity index (χ1v) is 6.57. The van der Waals surface area contributed by atoms with Crippen molar-refractivity contribution in [3.05, 3.63) is 18.0 Å². The van der Waals surface area contributed by atoms with Gasteiger partial charge in [0.1, 0.15) is 10.6 Å². The van der Waals surface area contributed by atoms with Crippen molar-refractivity contribution in [2.24, 2.45) is 7.05 Å². The van der Waals surface area contributed by atoms with Crippen molar-refractivity contribution in [2.45, 2.75) is 24.8 Å². The highest BCUT2D eigenvalue weighted by molar-refractivity contribution is 7.89. The molecule has 0 aliphatic rings. The molecular formula is C10H16N2O4S. The van der Waals surface area contributed by atoms with Crippen LogP contribution in [0.1, 0.15) is 24.3 Å². The second-order valence-electron chi connectivity index (χ2n) is 3.83. The van der Waals surface area contributed by atoms with Crippen LogP contribution in [0, 0.1) is 0 Å². The fourth-order valence-corrected chi connectivity index (χ4v) is 2.08. The average molecular weight is 260 g/mol. The number of carbonyl (C=O) groups is 1. The summed E-state index contributed by atoms with van der Waals surface area (Å²) in [6.45, 7) is 3.46. The van der Waals surface area contributed by atoms with Crippen LogP contribution in [0.2, 0.25) is 0 Å². The topological polar surface area (TPSA) is 77.4 Å². The number of sulfonamides is 1. The second kappa shape index (κ2) is 4.89. The van der Waals surface area contributed by atoms with Gasteiger partial charge in [-0.3, -0.25) is 0 Å². The SMILES string of the molecule is CNS(=O)(=O)c1cc(C(=O)OC(C)C)n(C)c1. The number of hydrogen-bond acceptors (Lipinski definition) is 4. The Hall–Kier alpha value is -1.34. The van der Waals surface area contributed by atoms with Crippen LogP contribution >= 0.6 is 0 Å². The van der Waals surface area contributed by atoms with Gasteiger partial charge in [-0.15, -0.1) is 0 Å². The maximum atomic E-state index is 11.6. The molecule has 0 saturated heterocycles. The molecule has 96 valence electrons. The minimum atomic E-state index is -3.54. The molecule has 6 nitrogen and oxygen atoms in total. The summed E-state index contributed by atoms with van der Waals surface area (Å²) in [5.41, 5.74) is 0.201. The van der Waals surface area contributed by atoms with E-state index in [9.17, 15) is 13.2 Å². The molecule has 1 rings (SSSR count). The Bertz CT molecular complexity index is 516. The Morgan fingerprint density at radius 1 is 1.47 bits per heavy atom. The normalized spacial score (nSPS) is 11.8. The molecule has 0 fully saturated rings.